The molecule has 0 spiro atoms. The summed E-state index contributed by atoms with van der Waals surface area (Å²) in [4.78, 5) is 0. The lowest BCUT2D eigenvalue weighted by Crippen LogP contribution is -2.32. The molecule has 0 aliphatic heterocycles. The Hall–Kier alpha value is -0.760. The number of rotatable bonds is 6. The standard InChI is InChI=1S/C13H23NO/c1-10(2)13(8-14-11(3)4)7-12-5-6-15-9-12/h5-6,9-11,13-14H,7-8H2,1-4H3. The summed E-state index contributed by atoms with van der Waals surface area (Å²) in [5.41, 5.74) is 1.30. The van der Waals surface area contributed by atoms with Gasteiger partial charge in [0, 0.05) is 6.04 Å². The first-order valence-electron chi connectivity index (χ1n) is 5.84. The Morgan fingerprint density at radius 1 is 1.27 bits per heavy atom. The monoisotopic (exact) mass is 209 g/mol. The predicted octanol–water partition coefficient (Wildman–Crippen LogP) is 3.09. The Morgan fingerprint density at radius 2 is 2.00 bits per heavy atom. The molecule has 15 heavy (non-hydrogen) atoms. The summed E-state index contributed by atoms with van der Waals surface area (Å²) < 4.78 is 5.10. The molecule has 2 nitrogen and oxygen atoms in total. The van der Waals surface area contributed by atoms with E-state index in [1.54, 1.807) is 6.26 Å². The smallest absolute Gasteiger partial charge is 0.0934 e. The minimum atomic E-state index is 0.565. The molecule has 1 rings (SSSR count). The van der Waals surface area contributed by atoms with Gasteiger partial charge in [-0.2, -0.15) is 0 Å². The quantitative estimate of drug-likeness (QED) is 0.779. The van der Waals surface area contributed by atoms with E-state index in [0.29, 0.717) is 17.9 Å². The van der Waals surface area contributed by atoms with Crippen LogP contribution in [0.3, 0.4) is 0 Å². The molecule has 0 radical (unpaired) electrons. The van der Waals surface area contributed by atoms with E-state index in [1.165, 1.54) is 5.56 Å². The molecule has 0 aliphatic rings. The molecule has 0 saturated heterocycles. The third-order valence-corrected chi connectivity index (χ3v) is 2.81. The zero-order valence-electron chi connectivity index (χ0n) is 10.3. The average molecular weight is 209 g/mol. The van der Waals surface area contributed by atoms with Crippen LogP contribution in [0.15, 0.2) is 23.0 Å². The zero-order valence-corrected chi connectivity index (χ0v) is 10.3. The lowest BCUT2D eigenvalue weighted by atomic mass is 9.90. The van der Waals surface area contributed by atoms with Crippen molar-refractivity contribution in [3.63, 3.8) is 0 Å². The molecule has 86 valence electrons. The van der Waals surface area contributed by atoms with Crippen LogP contribution in [0.25, 0.3) is 0 Å². The number of nitrogens with one attached hydrogen (secondary N) is 1. The molecule has 1 heterocycles. The van der Waals surface area contributed by atoms with Gasteiger partial charge in [0.2, 0.25) is 0 Å². The summed E-state index contributed by atoms with van der Waals surface area (Å²) in [5, 5.41) is 3.51. The fraction of sp³-hybridized carbons (Fsp3) is 0.692. The molecular weight excluding hydrogens is 186 g/mol. The third kappa shape index (κ3) is 4.52. The second-order valence-electron chi connectivity index (χ2n) is 4.90. The maximum Gasteiger partial charge on any atom is 0.0934 e. The number of furan rings is 1. The summed E-state index contributed by atoms with van der Waals surface area (Å²) in [5.74, 6) is 1.39. The van der Waals surface area contributed by atoms with Crippen LogP contribution in [-0.4, -0.2) is 12.6 Å². The summed E-state index contributed by atoms with van der Waals surface area (Å²) in [6, 6.07) is 2.63. The fourth-order valence-corrected chi connectivity index (χ4v) is 1.64. The topological polar surface area (TPSA) is 25.2 Å². The van der Waals surface area contributed by atoms with E-state index in [2.05, 4.69) is 39.1 Å². The highest BCUT2D eigenvalue weighted by Crippen LogP contribution is 2.17. The van der Waals surface area contributed by atoms with Crippen LogP contribution in [0, 0.1) is 11.8 Å². The Morgan fingerprint density at radius 3 is 2.47 bits per heavy atom. The summed E-state index contributed by atoms with van der Waals surface area (Å²) in [6.07, 6.45) is 4.71. The zero-order chi connectivity index (χ0) is 11.3. The Labute approximate surface area is 93.1 Å². The molecule has 0 saturated carbocycles. The molecule has 1 unspecified atom stereocenters. The van der Waals surface area contributed by atoms with E-state index >= 15 is 0 Å². The molecule has 1 N–H and O–H groups in total. The van der Waals surface area contributed by atoms with Crippen molar-refractivity contribution in [1.29, 1.82) is 0 Å². The minimum absolute atomic E-state index is 0.565. The van der Waals surface area contributed by atoms with E-state index in [1.807, 2.05) is 6.26 Å². The molecule has 2 heteroatoms. The van der Waals surface area contributed by atoms with Gasteiger partial charge in [-0.05, 0) is 36.4 Å². The Bertz CT molecular complexity index is 252. The van der Waals surface area contributed by atoms with E-state index in [4.69, 9.17) is 4.42 Å². The van der Waals surface area contributed by atoms with E-state index in [0.717, 1.165) is 13.0 Å². The van der Waals surface area contributed by atoms with Crippen LogP contribution >= 0.6 is 0 Å². The minimum Gasteiger partial charge on any atom is -0.472 e. The first kappa shape index (κ1) is 12.3. The summed E-state index contributed by atoms with van der Waals surface area (Å²) in [7, 11) is 0. The average Bonchev–Trinajstić information content (AvgIpc) is 2.63. The number of hydrogen-bond donors (Lipinski definition) is 1. The summed E-state index contributed by atoms with van der Waals surface area (Å²) in [6.45, 7) is 10.0. The highest BCUT2D eigenvalue weighted by atomic mass is 16.3. The van der Waals surface area contributed by atoms with Gasteiger partial charge in [-0.25, -0.2) is 0 Å². The fourth-order valence-electron chi connectivity index (χ4n) is 1.64. The van der Waals surface area contributed by atoms with Gasteiger partial charge in [-0.15, -0.1) is 0 Å². The van der Waals surface area contributed by atoms with Crippen molar-refractivity contribution < 1.29 is 4.42 Å². The van der Waals surface area contributed by atoms with Crippen molar-refractivity contribution in [2.75, 3.05) is 6.54 Å². The number of hydrogen-bond acceptors (Lipinski definition) is 2. The first-order valence-corrected chi connectivity index (χ1v) is 5.84. The maximum atomic E-state index is 5.10. The molecule has 1 aromatic rings. The molecular formula is C13H23NO. The van der Waals surface area contributed by atoms with Crippen molar-refractivity contribution in [2.45, 2.75) is 40.2 Å². The Balaban J connectivity index is 2.44. The molecule has 1 atom stereocenters. The van der Waals surface area contributed by atoms with Crippen LogP contribution in [0.2, 0.25) is 0 Å². The highest BCUT2D eigenvalue weighted by Gasteiger charge is 2.14. The third-order valence-electron chi connectivity index (χ3n) is 2.81. The van der Waals surface area contributed by atoms with Gasteiger partial charge in [0.05, 0.1) is 12.5 Å². The van der Waals surface area contributed by atoms with Gasteiger partial charge in [0.25, 0.3) is 0 Å². The molecule has 0 aliphatic carbocycles. The van der Waals surface area contributed by atoms with Gasteiger partial charge in [0.15, 0.2) is 0 Å². The van der Waals surface area contributed by atoms with E-state index in [9.17, 15) is 0 Å². The van der Waals surface area contributed by atoms with Crippen LogP contribution in [0.1, 0.15) is 33.3 Å². The van der Waals surface area contributed by atoms with Crippen LogP contribution < -0.4 is 5.32 Å². The molecule has 1 aromatic heterocycles. The van der Waals surface area contributed by atoms with Crippen LogP contribution in [-0.2, 0) is 6.42 Å². The molecule has 0 amide bonds. The van der Waals surface area contributed by atoms with Crippen LogP contribution in [0.5, 0.6) is 0 Å². The van der Waals surface area contributed by atoms with Crippen molar-refractivity contribution in [1.82, 2.24) is 5.32 Å². The predicted molar refractivity (Wildman–Crippen MR) is 63.9 cm³/mol. The van der Waals surface area contributed by atoms with Crippen molar-refractivity contribution >= 4 is 0 Å². The second-order valence-corrected chi connectivity index (χ2v) is 4.90. The molecule has 0 bridgehead atoms. The largest absolute Gasteiger partial charge is 0.472 e. The van der Waals surface area contributed by atoms with Gasteiger partial charge in [-0.3, -0.25) is 0 Å². The SMILES string of the molecule is CC(C)NCC(Cc1ccoc1)C(C)C. The van der Waals surface area contributed by atoms with Gasteiger partial charge < -0.3 is 9.73 Å². The lowest BCUT2D eigenvalue weighted by molar-refractivity contribution is 0.348. The maximum absolute atomic E-state index is 5.10. The first-order chi connectivity index (χ1) is 7.09. The van der Waals surface area contributed by atoms with Crippen molar-refractivity contribution in [3.8, 4) is 0 Å². The van der Waals surface area contributed by atoms with Crippen molar-refractivity contribution in [2.24, 2.45) is 11.8 Å². The Kier molecular flexibility index (Phi) is 4.89. The molecule has 0 fully saturated rings. The second kappa shape index (κ2) is 5.96. The van der Waals surface area contributed by atoms with Gasteiger partial charge >= 0.3 is 0 Å². The van der Waals surface area contributed by atoms with Crippen molar-refractivity contribution in [3.05, 3.63) is 24.2 Å². The van der Waals surface area contributed by atoms with E-state index < -0.39 is 0 Å². The summed E-state index contributed by atoms with van der Waals surface area (Å²) >= 11 is 0. The van der Waals surface area contributed by atoms with E-state index in [-0.39, 0.29) is 0 Å². The molecule has 0 aromatic carbocycles. The highest BCUT2D eigenvalue weighted by molar-refractivity contribution is 5.06. The normalized spacial score (nSPS) is 13.7. The lowest BCUT2D eigenvalue weighted by Gasteiger charge is -2.22. The van der Waals surface area contributed by atoms with Gasteiger partial charge in [-0.1, -0.05) is 27.7 Å². The van der Waals surface area contributed by atoms with Crippen LogP contribution in [0.4, 0.5) is 0 Å². The van der Waals surface area contributed by atoms with Gasteiger partial charge in [0.1, 0.15) is 0 Å².